The van der Waals surface area contributed by atoms with Crippen molar-refractivity contribution in [1.82, 2.24) is 5.32 Å². The lowest BCUT2D eigenvalue weighted by Crippen LogP contribution is -2.41. The van der Waals surface area contributed by atoms with Crippen molar-refractivity contribution in [2.75, 3.05) is 13.2 Å². The monoisotopic (exact) mass is 379 g/mol. The fourth-order valence-electron chi connectivity index (χ4n) is 2.20. The number of rotatable bonds is 10. The molecule has 0 radical (unpaired) electrons. The second kappa shape index (κ2) is 9.75. The lowest BCUT2D eigenvalue weighted by molar-refractivity contribution is -0.144. The van der Waals surface area contributed by atoms with Crippen LogP contribution >= 0.6 is 0 Å². The predicted octanol–water partition coefficient (Wildman–Crippen LogP) is 4.37. The van der Waals surface area contributed by atoms with Crippen molar-refractivity contribution in [2.24, 2.45) is 0 Å². The average molecular weight is 379 g/mol. The summed E-state index contributed by atoms with van der Waals surface area (Å²) in [7, 11) is 0. The zero-order valence-electron chi connectivity index (χ0n) is 15.2. The van der Waals surface area contributed by atoms with Crippen LogP contribution in [0.2, 0.25) is 0 Å². The van der Waals surface area contributed by atoms with E-state index < -0.39 is 24.0 Å². The number of ether oxygens (including phenoxy) is 2. The van der Waals surface area contributed by atoms with Crippen molar-refractivity contribution < 1.29 is 31.8 Å². The molecule has 1 rings (SSSR count). The van der Waals surface area contributed by atoms with Gasteiger partial charge >= 0.3 is 12.1 Å². The van der Waals surface area contributed by atoms with Crippen molar-refractivity contribution in [3.05, 3.63) is 29.6 Å². The largest absolute Gasteiger partial charge is 0.491 e. The molecule has 0 bridgehead atoms. The molecule has 26 heavy (non-hydrogen) atoms. The molecule has 0 aliphatic heterocycles. The number of benzene rings is 1. The van der Waals surface area contributed by atoms with Crippen molar-refractivity contribution in [2.45, 2.75) is 58.3 Å². The minimum atomic E-state index is -4.24. The summed E-state index contributed by atoms with van der Waals surface area (Å²) < 4.78 is 60.1. The standard InChI is InChI=1S/C18H25F4NO3/c1-4-25-16(24)11-17(2,3)23-12-13-6-7-15(14(19)10-13)26-9-5-8-18(20,21)22/h6-7,10,23H,4-5,8-9,11-12H2,1-3H3. The number of halogens is 4. The predicted molar refractivity (Wildman–Crippen MR) is 89.4 cm³/mol. The summed E-state index contributed by atoms with van der Waals surface area (Å²) in [6.07, 6.45) is -5.27. The molecule has 148 valence electrons. The molecule has 0 saturated heterocycles. The summed E-state index contributed by atoms with van der Waals surface area (Å²) in [6.45, 7) is 5.81. The molecule has 0 fully saturated rings. The zero-order chi connectivity index (χ0) is 19.8. The van der Waals surface area contributed by atoms with Crippen LogP contribution in [0.4, 0.5) is 17.6 Å². The van der Waals surface area contributed by atoms with Crippen molar-refractivity contribution >= 4 is 5.97 Å². The van der Waals surface area contributed by atoms with Gasteiger partial charge in [-0.3, -0.25) is 4.79 Å². The van der Waals surface area contributed by atoms with Crippen LogP contribution in [-0.4, -0.2) is 30.9 Å². The summed E-state index contributed by atoms with van der Waals surface area (Å²) in [5.41, 5.74) is 0.0947. The third-order valence-electron chi connectivity index (χ3n) is 3.52. The van der Waals surface area contributed by atoms with Gasteiger partial charge in [-0.15, -0.1) is 0 Å². The van der Waals surface area contributed by atoms with Crippen molar-refractivity contribution in [3.8, 4) is 5.75 Å². The van der Waals surface area contributed by atoms with E-state index in [-0.39, 0.29) is 31.2 Å². The number of alkyl halides is 3. The molecule has 0 aromatic heterocycles. The molecule has 8 heteroatoms. The first-order chi connectivity index (χ1) is 12.0. The van der Waals surface area contributed by atoms with Crippen LogP contribution in [0, 0.1) is 5.82 Å². The number of carbonyl (C=O) groups excluding carboxylic acids is 1. The molecule has 0 aliphatic carbocycles. The first-order valence-corrected chi connectivity index (χ1v) is 8.41. The summed E-state index contributed by atoms with van der Waals surface area (Å²) in [5, 5.41) is 3.15. The number of esters is 1. The molecule has 0 aliphatic rings. The highest BCUT2D eigenvalue weighted by Gasteiger charge is 2.26. The van der Waals surface area contributed by atoms with Crippen LogP contribution in [0.15, 0.2) is 18.2 Å². The SMILES string of the molecule is CCOC(=O)CC(C)(C)NCc1ccc(OCCCC(F)(F)F)c(F)c1. The number of hydrogen-bond donors (Lipinski definition) is 1. The fraction of sp³-hybridized carbons (Fsp3) is 0.611. The van der Waals surface area contributed by atoms with E-state index in [0.29, 0.717) is 18.7 Å². The Balaban J connectivity index is 2.50. The van der Waals surface area contributed by atoms with E-state index in [0.717, 1.165) is 0 Å². The molecule has 1 aromatic carbocycles. The summed E-state index contributed by atoms with van der Waals surface area (Å²) in [6, 6.07) is 4.26. The van der Waals surface area contributed by atoms with E-state index in [1.165, 1.54) is 12.1 Å². The van der Waals surface area contributed by atoms with Crippen LogP contribution in [0.1, 0.15) is 45.6 Å². The molecule has 1 N–H and O–H groups in total. The van der Waals surface area contributed by atoms with Crippen LogP contribution in [-0.2, 0) is 16.1 Å². The Hall–Kier alpha value is -1.83. The highest BCUT2D eigenvalue weighted by atomic mass is 19.4. The van der Waals surface area contributed by atoms with Gasteiger partial charge in [0.25, 0.3) is 0 Å². The average Bonchev–Trinajstić information content (AvgIpc) is 2.50. The van der Waals surface area contributed by atoms with Gasteiger partial charge in [-0.25, -0.2) is 4.39 Å². The molecule has 0 unspecified atom stereocenters. The van der Waals surface area contributed by atoms with Crippen LogP contribution in [0.3, 0.4) is 0 Å². The van der Waals surface area contributed by atoms with Gasteiger partial charge in [-0.1, -0.05) is 6.07 Å². The third kappa shape index (κ3) is 9.03. The highest BCUT2D eigenvalue weighted by Crippen LogP contribution is 2.23. The quantitative estimate of drug-likeness (QED) is 0.373. The van der Waals surface area contributed by atoms with E-state index in [4.69, 9.17) is 9.47 Å². The Morgan fingerprint density at radius 3 is 2.50 bits per heavy atom. The number of nitrogens with one attached hydrogen (secondary N) is 1. The van der Waals surface area contributed by atoms with Crippen molar-refractivity contribution in [3.63, 3.8) is 0 Å². The van der Waals surface area contributed by atoms with Crippen molar-refractivity contribution in [1.29, 1.82) is 0 Å². The normalized spacial score (nSPS) is 12.1. The molecule has 0 atom stereocenters. The van der Waals surface area contributed by atoms with E-state index in [9.17, 15) is 22.4 Å². The minimum absolute atomic E-state index is 0.0818. The maximum Gasteiger partial charge on any atom is 0.389 e. The number of hydrogen-bond acceptors (Lipinski definition) is 4. The molecular formula is C18H25F4NO3. The minimum Gasteiger partial charge on any atom is -0.491 e. The maximum absolute atomic E-state index is 14.0. The first-order valence-electron chi connectivity index (χ1n) is 8.41. The molecule has 4 nitrogen and oxygen atoms in total. The topological polar surface area (TPSA) is 47.6 Å². The molecule has 0 saturated carbocycles. The fourth-order valence-corrected chi connectivity index (χ4v) is 2.20. The maximum atomic E-state index is 14.0. The first kappa shape index (κ1) is 22.2. The third-order valence-corrected chi connectivity index (χ3v) is 3.52. The van der Waals surface area contributed by atoms with Gasteiger partial charge in [0.2, 0.25) is 0 Å². The summed E-state index contributed by atoms with van der Waals surface area (Å²) >= 11 is 0. The Morgan fingerprint density at radius 2 is 1.92 bits per heavy atom. The van der Waals surface area contributed by atoms with E-state index in [2.05, 4.69) is 5.32 Å². The van der Waals surface area contributed by atoms with Crippen LogP contribution in [0.25, 0.3) is 0 Å². The molecule has 0 amide bonds. The Morgan fingerprint density at radius 1 is 1.23 bits per heavy atom. The Bertz CT molecular complexity index is 588. The molecule has 0 heterocycles. The van der Waals surface area contributed by atoms with Crippen LogP contribution < -0.4 is 10.1 Å². The van der Waals surface area contributed by atoms with Gasteiger partial charge < -0.3 is 14.8 Å². The van der Waals surface area contributed by atoms with E-state index in [1.54, 1.807) is 13.0 Å². The van der Waals surface area contributed by atoms with Gasteiger partial charge in [0.15, 0.2) is 11.6 Å². The van der Waals surface area contributed by atoms with Gasteiger partial charge in [0, 0.05) is 18.5 Å². The number of carbonyl (C=O) groups is 1. The van der Waals surface area contributed by atoms with Gasteiger partial charge in [-0.05, 0) is 44.9 Å². The summed E-state index contributed by atoms with van der Waals surface area (Å²) in [5.74, 6) is -1.04. The van der Waals surface area contributed by atoms with E-state index in [1.807, 2.05) is 13.8 Å². The van der Waals surface area contributed by atoms with Crippen LogP contribution in [0.5, 0.6) is 5.75 Å². The summed E-state index contributed by atoms with van der Waals surface area (Å²) in [4.78, 5) is 11.5. The zero-order valence-corrected chi connectivity index (χ0v) is 15.2. The smallest absolute Gasteiger partial charge is 0.389 e. The lowest BCUT2D eigenvalue weighted by Gasteiger charge is -2.25. The lowest BCUT2D eigenvalue weighted by atomic mass is 10.0. The molecular weight excluding hydrogens is 354 g/mol. The van der Waals surface area contributed by atoms with Gasteiger partial charge in [0.05, 0.1) is 19.6 Å². The second-order valence-electron chi connectivity index (χ2n) is 6.55. The molecule has 0 spiro atoms. The van der Waals surface area contributed by atoms with E-state index >= 15 is 0 Å². The Labute approximate surface area is 150 Å². The highest BCUT2D eigenvalue weighted by molar-refractivity contribution is 5.70. The second-order valence-corrected chi connectivity index (χ2v) is 6.55. The van der Waals surface area contributed by atoms with Gasteiger partial charge in [-0.2, -0.15) is 13.2 Å². The Kier molecular flexibility index (Phi) is 8.33. The molecule has 1 aromatic rings. The van der Waals surface area contributed by atoms with Gasteiger partial charge in [0.1, 0.15) is 0 Å².